The molecule has 1 aliphatic rings. The average molecular weight is 356 g/mol. The summed E-state index contributed by atoms with van der Waals surface area (Å²) in [6.07, 6.45) is 4.04. The highest BCUT2D eigenvalue weighted by Crippen LogP contribution is 2.30. The van der Waals surface area contributed by atoms with Crippen LogP contribution in [0.2, 0.25) is 0 Å². The van der Waals surface area contributed by atoms with E-state index in [0.717, 1.165) is 49.9 Å². The van der Waals surface area contributed by atoms with Gasteiger partial charge in [-0.15, -0.1) is 0 Å². The number of hydrogen-bond acceptors (Lipinski definition) is 3. The van der Waals surface area contributed by atoms with E-state index in [4.69, 9.17) is 9.47 Å². The van der Waals surface area contributed by atoms with Gasteiger partial charge >= 0.3 is 0 Å². The predicted molar refractivity (Wildman–Crippen MR) is 89.7 cm³/mol. The average Bonchev–Trinajstić information content (AvgIpc) is 2.54. The Balaban J connectivity index is 2.13. The molecule has 1 saturated heterocycles. The lowest BCUT2D eigenvalue weighted by Crippen LogP contribution is -2.56. The molecule has 0 aliphatic carbocycles. The van der Waals surface area contributed by atoms with Gasteiger partial charge < -0.3 is 14.8 Å². The molecule has 1 atom stereocenters. The van der Waals surface area contributed by atoms with Crippen molar-refractivity contribution < 1.29 is 9.47 Å². The molecular formula is C17H26BrNO2. The van der Waals surface area contributed by atoms with Crippen LogP contribution >= 0.6 is 15.9 Å². The third-order valence-corrected chi connectivity index (χ3v) is 4.90. The molecule has 1 unspecified atom stereocenters. The Morgan fingerprint density at radius 3 is 2.52 bits per heavy atom. The van der Waals surface area contributed by atoms with E-state index in [1.807, 2.05) is 7.11 Å². The Bertz CT molecular complexity index is 415. The van der Waals surface area contributed by atoms with Crippen molar-refractivity contribution in [2.75, 3.05) is 26.9 Å². The number of benzene rings is 1. The molecule has 1 heterocycles. The summed E-state index contributed by atoms with van der Waals surface area (Å²) in [5, 5.41) is 3.70. The maximum absolute atomic E-state index is 5.98. The maximum atomic E-state index is 5.98. The summed E-state index contributed by atoms with van der Waals surface area (Å²) in [4.78, 5) is 0. The fourth-order valence-corrected chi connectivity index (χ4v) is 3.30. The number of hydrogen-bond donors (Lipinski definition) is 1. The van der Waals surface area contributed by atoms with E-state index in [2.05, 4.69) is 52.4 Å². The number of nitrogens with one attached hydrogen (secondary N) is 1. The van der Waals surface area contributed by atoms with Gasteiger partial charge in [-0.2, -0.15) is 0 Å². The van der Waals surface area contributed by atoms with Crippen LogP contribution in [-0.2, 0) is 15.9 Å². The van der Waals surface area contributed by atoms with Gasteiger partial charge in [0.15, 0.2) is 0 Å². The molecule has 0 radical (unpaired) electrons. The van der Waals surface area contributed by atoms with Gasteiger partial charge in [-0.1, -0.05) is 35.0 Å². The first-order valence-electron chi connectivity index (χ1n) is 7.81. The molecule has 1 aromatic carbocycles. The van der Waals surface area contributed by atoms with E-state index in [1.165, 1.54) is 5.56 Å². The molecule has 2 rings (SSSR count). The fraction of sp³-hybridized carbons (Fsp3) is 0.647. The minimum Gasteiger partial charge on any atom is -0.381 e. The second-order valence-electron chi connectivity index (χ2n) is 5.72. The van der Waals surface area contributed by atoms with Crippen molar-refractivity contribution in [3.05, 3.63) is 34.3 Å². The van der Waals surface area contributed by atoms with E-state index >= 15 is 0 Å². The monoisotopic (exact) mass is 355 g/mol. The highest BCUT2D eigenvalue weighted by molar-refractivity contribution is 9.10. The maximum Gasteiger partial charge on any atom is 0.0877 e. The molecule has 1 aliphatic heterocycles. The highest BCUT2D eigenvalue weighted by Gasteiger charge is 2.40. The molecule has 0 amide bonds. The first kappa shape index (κ1) is 16.9. The Hall–Kier alpha value is -0.420. The van der Waals surface area contributed by atoms with Crippen LogP contribution in [0.15, 0.2) is 28.7 Å². The van der Waals surface area contributed by atoms with Crippen LogP contribution in [0.25, 0.3) is 0 Å². The zero-order valence-electron chi connectivity index (χ0n) is 13.0. The van der Waals surface area contributed by atoms with Gasteiger partial charge in [0.05, 0.1) is 5.60 Å². The fourth-order valence-electron chi connectivity index (χ4n) is 3.03. The number of halogens is 1. The van der Waals surface area contributed by atoms with Crippen LogP contribution in [0.1, 0.15) is 31.7 Å². The van der Waals surface area contributed by atoms with Gasteiger partial charge in [-0.25, -0.2) is 0 Å². The lowest BCUT2D eigenvalue weighted by atomic mass is 9.82. The van der Waals surface area contributed by atoms with Crippen LogP contribution < -0.4 is 5.32 Å². The first-order chi connectivity index (χ1) is 10.2. The van der Waals surface area contributed by atoms with E-state index < -0.39 is 0 Å². The van der Waals surface area contributed by atoms with Crippen molar-refractivity contribution >= 4 is 15.9 Å². The second-order valence-corrected chi connectivity index (χ2v) is 6.63. The minimum absolute atomic E-state index is 0.111. The summed E-state index contributed by atoms with van der Waals surface area (Å²) < 4.78 is 12.6. The van der Waals surface area contributed by atoms with Gasteiger partial charge in [0.1, 0.15) is 0 Å². The molecular weight excluding hydrogens is 330 g/mol. The SMILES string of the molecule is CCCNC(Cc1ccc(Br)cc1)C1(OC)CCOCC1. The summed E-state index contributed by atoms with van der Waals surface area (Å²) in [6.45, 7) is 4.80. The van der Waals surface area contributed by atoms with Gasteiger partial charge in [0.2, 0.25) is 0 Å². The topological polar surface area (TPSA) is 30.5 Å². The zero-order valence-corrected chi connectivity index (χ0v) is 14.6. The number of rotatable bonds is 7. The molecule has 0 aromatic heterocycles. The van der Waals surface area contributed by atoms with Gasteiger partial charge in [-0.05, 0) is 37.1 Å². The largest absolute Gasteiger partial charge is 0.381 e. The van der Waals surface area contributed by atoms with E-state index in [-0.39, 0.29) is 5.60 Å². The van der Waals surface area contributed by atoms with Crippen molar-refractivity contribution in [1.29, 1.82) is 0 Å². The summed E-state index contributed by atoms with van der Waals surface area (Å²) in [5.74, 6) is 0. The second kappa shape index (κ2) is 8.28. The molecule has 4 heteroatoms. The van der Waals surface area contributed by atoms with Crippen LogP contribution in [0.3, 0.4) is 0 Å². The summed E-state index contributed by atoms with van der Waals surface area (Å²) in [6, 6.07) is 8.92. The molecule has 0 spiro atoms. The summed E-state index contributed by atoms with van der Waals surface area (Å²) in [5.41, 5.74) is 1.23. The van der Waals surface area contributed by atoms with Crippen LogP contribution in [-0.4, -0.2) is 38.5 Å². The molecule has 1 aromatic rings. The lowest BCUT2D eigenvalue weighted by molar-refractivity contribution is -0.110. The van der Waals surface area contributed by atoms with Crippen molar-refractivity contribution in [3.8, 4) is 0 Å². The third-order valence-electron chi connectivity index (χ3n) is 4.37. The highest BCUT2D eigenvalue weighted by atomic mass is 79.9. The van der Waals surface area contributed by atoms with Crippen molar-refractivity contribution in [1.82, 2.24) is 5.32 Å². The normalized spacial score (nSPS) is 19.4. The quantitative estimate of drug-likeness (QED) is 0.811. The van der Waals surface area contributed by atoms with Crippen molar-refractivity contribution in [2.45, 2.75) is 44.2 Å². The summed E-state index contributed by atoms with van der Waals surface area (Å²) in [7, 11) is 1.84. The van der Waals surface area contributed by atoms with Crippen LogP contribution in [0.5, 0.6) is 0 Å². The van der Waals surface area contributed by atoms with Crippen molar-refractivity contribution in [3.63, 3.8) is 0 Å². The molecule has 1 N–H and O–H groups in total. The Morgan fingerprint density at radius 1 is 1.29 bits per heavy atom. The standard InChI is InChI=1S/C17H26BrNO2/c1-3-10-19-16(13-14-4-6-15(18)7-5-14)17(20-2)8-11-21-12-9-17/h4-7,16,19H,3,8-13H2,1-2H3. The van der Waals surface area contributed by atoms with Crippen molar-refractivity contribution in [2.24, 2.45) is 0 Å². The summed E-state index contributed by atoms with van der Waals surface area (Å²) >= 11 is 3.50. The van der Waals surface area contributed by atoms with Gasteiger partial charge in [0, 0.05) is 43.7 Å². The molecule has 0 bridgehead atoms. The van der Waals surface area contributed by atoms with Gasteiger partial charge in [0.25, 0.3) is 0 Å². The van der Waals surface area contributed by atoms with E-state index in [1.54, 1.807) is 0 Å². The lowest BCUT2D eigenvalue weighted by Gasteiger charge is -2.43. The molecule has 21 heavy (non-hydrogen) atoms. The Kier molecular flexibility index (Phi) is 6.68. The van der Waals surface area contributed by atoms with Gasteiger partial charge in [-0.3, -0.25) is 0 Å². The zero-order chi connectivity index (χ0) is 15.1. The van der Waals surface area contributed by atoms with Crippen LogP contribution in [0.4, 0.5) is 0 Å². The predicted octanol–water partition coefficient (Wildman–Crippen LogP) is 3.56. The minimum atomic E-state index is -0.111. The third kappa shape index (κ3) is 4.52. The molecule has 0 saturated carbocycles. The number of ether oxygens (including phenoxy) is 2. The Labute approximate surface area is 136 Å². The molecule has 1 fully saturated rings. The smallest absolute Gasteiger partial charge is 0.0877 e. The Morgan fingerprint density at radius 2 is 1.95 bits per heavy atom. The first-order valence-corrected chi connectivity index (χ1v) is 8.60. The molecule has 3 nitrogen and oxygen atoms in total. The molecule has 118 valence electrons. The van der Waals surface area contributed by atoms with E-state index in [0.29, 0.717) is 6.04 Å². The van der Waals surface area contributed by atoms with Crippen LogP contribution in [0, 0.1) is 0 Å². The van der Waals surface area contributed by atoms with E-state index in [9.17, 15) is 0 Å². The number of methoxy groups -OCH3 is 1.